The fourth-order valence-electron chi connectivity index (χ4n) is 2.66. The molecule has 1 aliphatic heterocycles. The van der Waals surface area contributed by atoms with Crippen LogP contribution in [0.1, 0.15) is 25.8 Å². The lowest BCUT2D eigenvalue weighted by molar-refractivity contribution is -0.125. The van der Waals surface area contributed by atoms with Crippen LogP contribution in [0.4, 0.5) is 0 Å². The number of likely N-dealkylation sites (tertiary alicyclic amines) is 1. The van der Waals surface area contributed by atoms with E-state index >= 15 is 0 Å². The molecular formula is C16H25N3O. The molecule has 1 saturated heterocycles. The van der Waals surface area contributed by atoms with E-state index in [1.165, 1.54) is 0 Å². The van der Waals surface area contributed by atoms with Crippen molar-refractivity contribution in [3.8, 4) is 0 Å². The summed E-state index contributed by atoms with van der Waals surface area (Å²) in [6, 6.07) is 9.90. The van der Waals surface area contributed by atoms with Gasteiger partial charge >= 0.3 is 0 Å². The van der Waals surface area contributed by atoms with Gasteiger partial charge in [0, 0.05) is 13.1 Å². The number of hydrogen-bond acceptors (Lipinski definition) is 3. The Bertz CT molecular complexity index is 448. The standard InChI is InChI=1S/C16H25N3O/c1-13(19-9-8-16(2,11-17)12-19)15(20)18-10-14-6-4-3-5-7-14/h3-7,13H,8-12,17H2,1-2H3,(H,18,20). The molecule has 1 fully saturated rings. The lowest BCUT2D eigenvalue weighted by Gasteiger charge is -2.26. The molecule has 1 aromatic carbocycles. The van der Waals surface area contributed by atoms with Gasteiger partial charge < -0.3 is 11.1 Å². The predicted octanol–water partition coefficient (Wildman–Crippen LogP) is 1.36. The molecule has 2 atom stereocenters. The van der Waals surface area contributed by atoms with E-state index in [-0.39, 0.29) is 17.4 Å². The van der Waals surface area contributed by atoms with Crippen LogP contribution >= 0.6 is 0 Å². The third-order valence-corrected chi connectivity index (χ3v) is 4.32. The lowest BCUT2D eigenvalue weighted by atomic mass is 9.90. The van der Waals surface area contributed by atoms with Crippen molar-refractivity contribution in [2.75, 3.05) is 19.6 Å². The number of carbonyl (C=O) groups excluding carboxylic acids is 1. The summed E-state index contributed by atoms with van der Waals surface area (Å²) in [6.07, 6.45) is 1.07. The largest absolute Gasteiger partial charge is 0.351 e. The van der Waals surface area contributed by atoms with E-state index in [4.69, 9.17) is 5.73 Å². The molecule has 4 nitrogen and oxygen atoms in total. The zero-order valence-electron chi connectivity index (χ0n) is 12.4. The van der Waals surface area contributed by atoms with E-state index in [0.717, 1.165) is 25.1 Å². The molecule has 1 aliphatic rings. The second-order valence-electron chi connectivity index (χ2n) is 6.11. The molecule has 4 heteroatoms. The topological polar surface area (TPSA) is 58.4 Å². The minimum absolute atomic E-state index is 0.0907. The van der Waals surface area contributed by atoms with E-state index < -0.39 is 0 Å². The summed E-state index contributed by atoms with van der Waals surface area (Å²) >= 11 is 0. The predicted molar refractivity (Wildman–Crippen MR) is 81.1 cm³/mol. The van der Waals surface area contributed by atoms with Crippen molar-refractivity contribution in [2.24, 2.45) is 11.1 Å². The van der Waals surface area contributed by atoms with Gasteiger partial charge in [-0.1, -0.05) is 37.3 Å². The molecule has 1 aromatic rings. The summed E-state index contributed by atoms with van der Waals surface area (Å²) in [5, 5.41) is 3.01. The average Bonchev–Trinajstić information content (AvgIpc) is 2.88. The molecule has 0 spiro atoms. The molecule has 0 saturated carbocycles. The van der Waals surface area contributed by atoms with E-state index in [1.807, 2.05) is 37.3 Å². The zero-order chi connectivity index (χ0) is 14.6. The van der Waals surface area contributed by atoms with Crippen LogP contribution in [-0.4, -0.2) is 36.5 Å². The van der Waals surface area contributed by atoms with Gasteiger partial charge in [0.1, 0.15) is 0 Å². The fraction of sp³-hybridized carbons (Fsp3) is 0.562. The van der Waals surface area contributed by atoms with Crippen molar-refractivity contribution in [1.29, 1.82) is 0 Å². The highest BCUT2D eigenvalue weighted by Gasteiger charge is 2.36. The molecule has 1 amide bonds. The number of nitrogens with two attached hydrogens (primary N) is 1. The first-order valence-electron chi connectivity index (χ1n) is 7.30. The number of benzene rings is 1. The van der Waals surface area contributed by atoms with Crippen LogP contribution in [-0.2, 0) is 11.3 Å². The first-order valence-corrected chi connectivity index (χ1v) is 7.30. The summed E-state index contributed by atoms with van der Waals surface area (Å²) in [7, 11) is 0. The molecule has 110 valence electrons. The van der Waals surface area contributed by atoms with Crippen molar-refractivity contribution < 1.29 is 4.79 Å². The van der Waals surface area contributed by atoms with E-state index in [9.17, 15) is 4.79 Å². The van der Waals surface area contributed by atoms with Crippen LogP contribution in [0.15, 0.2) is 30.3 Å². The highest BCUT2D eigenvalue weighted by molar-refractivity contribution is 5.81. The minimum atomic E-state index is -0.0907. The van der Waals surface area contributed by atoms with Gasteiger partial charge in [0.25, 0.3) is 0 Å². The Hall–Kier alpha value is -1.39. The van der Waals surface area contributed by atoms with Crippen molar-refractivity contribution in [1.82, 2.24) is 10.2 Å². The average molecular weight is 275 g/mol. The van der Waals surface area contributed by atoms with Crippen molar-refractivity contribution in [2.45, 2.75) is 32.9 Å². The smallest absolute Gasteiger partial charge is 0.237 e. The quantitative estimate of drug-likeness (QED) is 0.853. The Morgan fingerprint density at radius 2 is 2.15 bits per heavy atom. The van der Waals surface area contributed by atoms with Crippen LogP contribution < -0.4 is 11.1 Å². The number of nitrogens with zero attached hydrogens (tertiary/aromatic N) is 1. The van der Waals surface area contributed by atoms with Crippen molar-refractivity contribution in [3.63, 3.8) is 0 Å². The first kappa shape index (κ1) is 15.0. The third kappa shape index (κ3) is 3.58. The molecule has 2 unspecified atom stereocenters. The van der Waals surface area contributed by atoms with E-state index in [2.05, 4.69) is 17.1 Å². The highest BCUT2D eigenvalue weighted by Crippen LogP contribution is 2.29. The molecular weight excluding hydrogens is 250 g/mol. The second kappa shape index (κ2) is 6.37. The monoisotopic (exact) mass is 275 g/mol. The molecule has 0 aliphatic carbocycles. The maximum atomic E-state index is 12.2. The maximum absolute atomic E-state index is 12.2. The van der Waals surface area contributed by atoms with Crippen LogP contribution in [0.25, 0.3) is 0 Å². The Morgan fingerprint density at radius 3 is 2.75 bits per heavy atom. The van der Waals surface area contributed by atoms with Crippen molar-refractivity contribution in [3.05, 3.63) is 35.9 Å². The first-order chi connectivity index (χ1) is 9.54. The SMILES string of the molecule is CC(C(=O)NCc1ccccc1)N1CCC(C)(CN)C1. The van der Waals surface area contributed by atoms with Crippen LogP contribution in [0.2, 0.25) is 0 Å². The Morgan fingerprint density at radius 1 is 1.45 bits per heavy atom. The van der Waals surface area contributed by atoms with Gasteiger partial charge in [-0.25, -0.2) is 0 Å². The normalized spacial score (nSPS) is 24.6. The fourth-order valence-corrected chi connectivity index (χ4v) is 2.66. The molecule has 1 heterocycles. The second-order valence-corrected chi connectivity index (χ2v) is 6.11. The Balaban J connectivity index is 1.84. The Kier molecular flexibility index (Phi) is 4.78. The number of hydrogen-bond donors (Lipinski definition) is 2. The molecule has 20 heavy (non-hydrogen) atoms. The molecule has 0 bridgehead atoms. The summed E-state index contributed by atoms with van der Waals surface area (Å²) in [4.78, 5) is 14.4. The van der Waals surface area contributed by atoms with Crippen LogP contribution in [0.5, 0.6) is 0 Å². The van der Waals surface area contributed by atoms with Gasteiger partial charge in [0.15, 0.2) is 0 Å². The van der Waals surface area contributed by atoms with Gasteiger partial charge in [-0.3, -0.25) is 9.69 Å². The van der Waals surface area contributed by atoms with Crippen LogP contribution in [0, 0.1) is 5.41 Å². The summed E-state index contributed by atoms with van der Waals surface area (Å²) in [6.45, 7) is 7.30. The number of nitrogens with one attached hydrogen (secondary N) is 1. The van der Waals surface area contributed by atoms with E-state index in [0.29, 0.717) is 13.1 Å². The van der Waals surface area contributed by atoms with Gasteiger partial charge in [-0.05, 0) is 37.4 Å². The summed E-state index contributed by atoms with van der Waals surface area (Å²) in [5.41, 5.74) is 7.10. The van der Waals surface area contributed by atoms with E-state index in [1.54, 1.807) is 0 Å². The summed E-state index contributed by atoms with van der Waals surface area (Å²) in [5.74, 6) is 0.0927. The highest BCUT2D eigenvalue weighted by atomic mass is 16.2. The molecule has 0 aromatic heterocycles. The molecule has 0 radical (unpaired) electrons. The number of amides is 1. The molecule has 2 rings (SSSR count). The lowest BCUT2D eigenvalue weighted by Crippen LogP contribution is -2.45. The third-order valence-electron chi connectivity index (χ3n) is 4.32. The van der Waals surface area contributed by atoms with Gasteiger partial charge in [-0.2, -0.15) is 0 Å². The van der Waals surface area contributed by atoms with Crippen LogP contribution in [0.3, 0.4) is 0 Å². The Labute approximate surface area is 121 Å². The molecule has 3 N–H and O–H groups in total. The van der Waals surface area contributed by atoms with Gasteiger partial charge in [0.05, 0.1) is 6.04 Å². The number of rotatable bonds is 5. The van der Waals surface area contributed by atoms with Gasteiger partial charge in [-0.15, -0.1) is 0 Å². The number of carbonyl (C=O) groups is 1. The summed E-state index contributed by atoms with van der Waals surface area (Å²) < 4.78 is 0. The maximum Gasteiger partial charge on any atom is 0.237 e. The van der Waals surface area contributed by atoms with Crippen molar-refractivity contribution >= 4 is 5.91 Å². The van der Waals surface area contributed by atoms with Gasteiger partial charge in [0.2, 0.25) is 5.91 Å². The minimum Gasteiger partial charge on any atom is -0.351 e. The zero-order valence-corrected chi connectivity index (χ0v) is 12.4.